The van der Waals surface area contributed by atoms with Crippen molar-refractivity contribution in [2.75, 3.05) is 0 Å². The highest BCUT2D eigenvalue weighted by Crippen LogP contribution is 2.50. The number of thiophene rings is 1. The molecule has 0 saturated heterocycles. The van der Waals surface area contributed by atoms with Gasteiger partial charge in [-0.05, 0) is 118 Å². The first kappa shape index (κ1) is 37.1. The molecule has 0 unspecified atom stereocenters. The Morgan fingerprint density at radius 3 is 1.29 bits per heavy atom. The molecule has 0 fully saturated rings. The summed E-state index contributed by atoms with van der Waals surface area (Å²) in [6, 6.07) is 87.6. The second kappa shape index (κ2) is 14.6. The third-order valence-electron chi connectivity index (χ3n) is 14.0. The molecule has 0 bridgehead atoms. The highest BCUT2D eigenvalue weighted by Gasteiger charge is 2.22. The van der Waals surface area contributed by atoms with E-state index in [2.05, 4.69) is 241 Å². The van der Waals surface area contributed by atoms with Gasteiger partial charge in [-0.2, -0.15) is 0 Å². The highest BCUT2D eigenvalue weighted by atomic mass is 32.1. The molecular formula is C64H39NS. The zero-order chi connectivity index (χ0) is 43.3. The number of rotatable bonds is 5. The van der Waals surface area contributed by atoms with Gasteiger partial charge in [-0.15, -0.1) is 11.3 Å². The van der Waals surface area contributed by atoms with Gasteiger partial charge in [0.2, 0.25) is 0 Å². The standard InChI is InChI=1S/C64H39NS/c1-3-18-40(19-4-1)60-50-27-11-13-29-52(50)63(53-30-14-12-28-51(53)60)55-32-17-31-54-56-38-41(35-37-59(56)66-64(54)55)61-46-23-7-9-25-48(46)62(49-26-10-8-24-47(49)61)42-34-36-45-44-22-15-16-33-57(44)65(58(45)39-42)43-20-5-2-6-21-43/h1-39H. The van der Waals surface area contributed by atoms with Crippen molar-refractivity contribution in [1.82, 2.24) is 4.57 Å². The number of para-hydroxylation sites is 2. The predicted molar refractivity (Wildman–Crippen MR) is 285 cm³/mol. The van der Waals surface area contributed by atoms with Crippen LogP contribution in [-0.2, 0) is 0 Å². The van der Waals surface area contributed by atoms with Crippen LogP contribution in [-0.4, -0.2) is 4.57 Å². The fraction of sp³-hybridized carbons (Fsp3) is 0. The Kier molecular flexibility index (Phi) is 8.22. The molecule has 1 nitrogen and oxygen atoms in total. The van der Waals surface area contributed by atoms with Gasteiger partial charge in [-0.1, -0.05) is 200 Å². The number of hydrogen-bond acceptors (Lipinski definition) is 1. The molecular weight excluding hydrogens is 815 g/mol. The Labute approximate surface area is 385 Å². The summed E-state index contributed by atoms with van der Waals surface area (Å²) in [5.41, 5.74) is 13.7. The Balaban J connectivity index is 0.986. The van der Waals surface area contributed by atoms with Crippen molar-refractivity contribution in [3.63, 3.8) is 0 Å². The van der Waals surface area contributed by atoms with Crippen LogP contribution in [0.3, 0.4) is 0 Å². The summed E-state index contributed by atoms with van der Waals surface area (Å²) < 4.78 is 5.03. The normalized spacial score (nSPS) is 11.9. The lowest BCUT2D eigenvalue weighted by Gasteiger charge is -2.18. The molecule has 0 saturated carbocycles. The average Bonchev–Trinajstić information content (AvgIpc) is 3.93. The summed E-state index contributed by atoms with van der Waals surface area (Å²) in [5, 5.41) is 15.2. The third-order valence-corrected chi connectivity index (χ3v) is 15.2. The fourth-order valence-corrected chi connectivity index (χ4v) is 12.4. The van der Waals surface area contributed by atoms with Gasteiger partial charge in [-0.25, -0.2) is 0 Å². The minimum absolute atomic E-state index is 1.16. The first-order valence-corrected chi connectivity index (χ1v) is 23.6. The maximum Gasteiger partial charge on any atom is 0.0547 e. The SMILES string of the molecule is c1ccc(-c2c3ccccc3c(-c3cccc4c3sc3ccc(-c5c6ccccc6c(-c6ccc7c8ccccc8n(-c8ccccc8)c7c6)c6ccccc56)cc34)c3ccccc23)cc1. The van der Waals surface area contributed by atoms with Crippen molar-refractivity contribution in [3.05, 3.63) is 237 Å². The van der Waals surface area contributed by atoms with E-state index in [1.807, 2.05) is 11.3 Å². The van der Waals surface area contributed by atoms with Crippen LogP contribution in [0.5, 0.6) is 0 Å². The van der Waals surface area contributed by atoms with E-state index in [1.165, 1.54) is 130 Å². The van der Waals surface area contributed by atoms with E-state index in [9.17, 15) is 0 Å². The van der Waals surface area contributed by atoms with Gasteiger partial charge in [0.05, 0.1) is 11.0 Å². The minimum atomic E-state index is 1.16. The van der Waals surface area contributed by atoms with E-state index < -0.39 is 0 Å². The topological polar surface area (TPSA) is 4.93 Å². The molecule has 2 aromatic heterocycles. The highest BCUT2D eigenvalue weighted by molar-refractivity contribution is 7.26. The Bertz CT molecular complexity index is 4160. The van der Waals surface area contributed by atoms with Crippen LogP contribution in [0.15, 0.2) is 237 Å². The molecule has 0 radical (unpaired) electrons. The van der Waals surface area contributed by atoms with Gasteiger partial charge in [0.1, 0.15) is 0 Å². The van der Waals surface area contributed by atoms with E-state index in [1.54, 1.807) is 0 Å². The van der Waals surface area contributed by atoms with Gasteiger partial charge in [0.25, 0.3) is 0 Å². The van der Waals surface area contributed by atoms with Crippen molar-refractivity contribution in [1.29, 1.82) is 0 Å². The van der Waals surface area contributed by atoms with Crippen molar-refractivity contribution < 1.29 is 0 Å². The number of fused-ring (bicyclic) bond motifs is 10. The molecule has 0 atom stereocenters. The molecule has 0 amide bonds. The molecule has 0 N–H and O–H groups in total. The lowest BCUT2D eigenvalue weighted by atomic mass is 9.85. The van der Waals surface area contributed by atoms with E-state index in [4.69, 9.17) is 0 Å². The fourth-order valence-electron chi connectivity index (χ4n) is 11.2. The monoisotopic (exact) mass is 853 g/mol. The van der Waals surface area contributed by atoms with E-state index >= 15 is 0 Å². The summed E-state index contributed by atoms with van der Waals surface area (Å²) in [6.07, 6.45) is 0. The van der Waals surface area contributed by atoms with E-state index in [0.717, 1.165) is 5.69 Å². The van der Waals surface area contributed by atoms with E-state index in [0.29, 0.717) is 0 Å². The largest absolute Gasteiger partial charge is 0.309 e. The molecule has 2 heteroatoms. The van der Waals surface area contributed by atoms with Crippen molar-refractivity contribution >= 4 is 96.4 Å². The number of hydrogen-bond donors (Lipinski definition) is 0. The van der Waals surface area contributed by atoms with Crippen LogP contribution in [0.1, 0.15) is 0 Å². The molecule has 2 heterocycles. The maximum atomic E-state index is 2.46. The zero-order valence-corrected chi connectivity index (χ0v) is 36.7. The van der Waals surface area contributed by atoms with Crippen molar-refractivity contribution in [2.45, 2.75) is 0 Å². The Hall–Kier alpha value is -8.30. The average molecular weight is 854 g/mol. The molecule has 0 aliphatic carbocycles. The number of benzene rings is 12. The van der Waals surface area contributed by atoms with Crippen LogP contribution < -0.4 is 0 Å². The molecule has 14 rings (SSSR count). The van der Waals surface area contributed by atoms with Crippen LogP contribution in [0.2, 0.25) is 0 Å². The summed E-state index contributed by atoms with van der Waals surface area (Å²) in [4.78, 5) is 0. The third kappa shape index (κ3) is 5.46. The summed E-state index contributed by atoms with van der Waals surface area (Å²) >= 11 is 1.91. The molecule has 0 aliphatic heterocycles. The summed E-state index contributed by atoms with van der Waals surface area (Å²) in [7, 11) is 0. The Morgan fingerprint density at radius 1 is 0.258 bits per heavy atom. The van der Waals surface area contributed by atoms with Gasteiger partial charge >= 0.3 is 0 Å². The Morgan fingerprint density at radius 2 is 0.697 bits per heavy atom. The molecule has 0 spiro atoms. The minimum Gasteiger partial charge on any atom is -0.309 e. The summed E-state index contributed by atoms with van der Waals surface area (Å²) in [5.74, 6) is 0. The van der Waals surface area contributed by atoms with Crippen LogP contribution in [0, 0.1) is 0 Å². The van der Waals surface area contributed by atoms with E-state index in [-0.39, 0.29) is 0 Å². The number of aromatic nitrogens is 1. The second-order valence-electron chi connectivity index (χ2n) is 17.5. The lowest BCUT2D eigenvalue weighted by molar-refractivity contribution is 1.18. The van der Waals surface area contributed by atoms with Crippen LogP contribution >= 0.6 is 11.3 Å². The molecule has 12 aromatic carbocycles. The second-order valence-corrected chi connectivity index (χ2v) is 18.5. The lowest BCUT2D eigenvalue weighted by Crippen LogP contribution is -1.94. The first-order valence-electron chi connectivity index (χ1n) is 22.8. The quantitative estimate of drug-likeness (QED) is 0.152. The first-order chi connectivity index (χ1) is 32.8. The van der Waals surface area contributed by atoms with Crippen LogP contribution in [0.25, 0.3) is 135 Å². The molecule has 66 heavy (non-hydrogen) atoms. The maximum absolute atomic E-state index is 2.46. The molecule has 306 valence electrons. The summed E-state index contributed by atoms with van der Waals surface area (Å²) in [6.45, 7) is 0. The van der Waals surface area contributed by atoms with Gasteiger partial charge < -0.3 is 4.57 Å². The van der Waals surface area contributed by atoms with Gasteiger partial charge in [-0.3, -0.25) is 0 Å². The number of nitrogens with zero attached hydrogens (tertiary/aromatic N) is 1. The van der Waals surface area contributed by atoms with Gasteiger partial charge in [0.15, 0.2) is 0 Å². The van der Waals surface area contributed by atoms with Crippen LogP contribution in [0.4, 0.5) is 0 Å². The smallest absolute Gasteiger partial charge is 0.0547 e. The van der Waals surface area contributed by atoms with Crippen molar-refractivity contribution in [3.8, 4) is 50.2 Å². The predicted octanol–water partition coefficient (Wildman–Crippen LogP) is 18.4. The zero-order valence-electron chi connectivity index (χ0n) is 35.9. The molecule has 14 aromatic rings. The van der Waals surface area contributed by atoms with Crippen molar-refractivity contribution in [2.24, 2.45) is 0 Å². The van der Waals surface area contributed by atoms with Gasteiger partial charge in [0, 0.05) is 42.2 Å². The molecule has 0 aliphatic rings.